The number of rotatable bonds is 4. The number of carbonyl (C=O) groups is 3. The van der Waals surface area contributed by atoms with Crippen LogP contribution in [0, 0.1) is 0 Å². The van der Waals surface area contributed by atoms with Gasteiger partial charge in [0.25, 0.3) is 11.8 Å². The lowest BCUT2D eigenvalue weighted by molar-refractivity contribution is -0.145. The number of nitrogens with two attached hydrogens (primary N) is 1. The predicted molar refractivity (Wildman–Crippen MR) is 75.3 cm³/mol. The maximum atomic E-state index is 12.1. The van der Waals surface area contributed by atoms with Gasteiger partial charge in [-0.1, -0.05) is 21.6 Å². The summed E-state index contributed by atoms with van der Waals surface area (Å²) in [6, 6.07) is -0.844. The lowest BCUT2D eigenvalue weighted by Crippen LogP contribution is -2.55. The smallest absolute Gasteiger partial charge is 0.254 e. The molecule has 0 saturated carbocycles. The Hall–Kier alpha value is -0.990. The first-order chi connectivity index (χ1) is 9.13. The van der Waals surface area contributed by atoms with Gasteiger partial charge >= 0.3 is 0 Å². The quantitative estimate of drug-likeness (QED) is 0.538. The highest BCUT2D eigenvalue weighted by Gasteiger charge is 2.35. The van der Waals surface area contributed by atoms with Crippen LogP contribution < -0.4 is 11.1 Å². The average Bonchev–Trinajstić information content (AvgIpc) is 2.73. The van der Waals surface area contributed by atoms with Crippen molar-refractivity contribution in [3.05, 3.63) is 12.2 Å². The van der Waals surface area contributed by atoms with E-state index in [0.29, 0.717) is 0 Å². The molecular formula is C11H15N3O3S2. The van der Waals surface area contributed by atoms with Gasteiger partial charge in [-0.25, -0.2) is 0 Å². The van der Waals surface area contributed by atoms with Crippen molar-refractivity contribution in [2.45, 2.75) is 18.5 Å². The van der Waals surface area contributed by atoms with Crippen LogP contribution in [-0.2, 0) is 14.4 Å². The SMILES string of the molecule is NC[C@@H](C(=O)N[C@H]1CCSSC1)N1C(=O)C=CC1=O. The van der Waals surface area contributed by atoms with E-state index in [2.05, 4.69) is 5.32 Å². The molecule has 19 heavy (non-hydrogen) atoms. The number of carbonyl (C=O) groups excluding carboxylic acids is 3. The van der Waals surface area contributed by atoms with Crippen LogP contribution >= 0.6 is 21.6 Å². The summed E-state index contributed by atoms with van der Waals surface area (Å²) in [5, 5.41) is 2.86. The van der Waals surface area contributed by atoms with Gasteiger partial charge in [0.2, 0.25) is 5.91 Å². The highest BCUT2D eigenvalue weighted by molar-refractivity contribution is 8.76. The fraction of sp³-hybridized carbons (Fsp3) is 0.545. The predicted octanol–water partition coefficient (Wildman–Crippen LogP) is -0.491. The third-order valence-corrected chi connectivity index (χ3v) is 5.45. The molecule has 0 aromatic rings. The Kier molecular flexibility index (Phi) is 4.89. The van der Waals surface area contributed by atoms with Crippen molar-refractivity contribution in [1.29, 1.82) is 0 Å². The summed E-state index contributed by atoms with van der Waals surface area (Å²) in [5.74, 6) is 0.485. The van der Waals surface area contributed by atoms with Gasteiger partial charge in [0.1, 0.15) is 6.04 Å². The number of amides is 3. The van der Waals surface area contributed by atoms with Crippen molar-refractivity contribution in [2.75, 3.05) is 18.1 Å². The Morgan fingerprint density at radius 2 is 2.11 bits per heavy atom. The summed E-state index contributed by atoms with van der Waals surface area (Å²) < 4.78 is 0. The summed E-state index contributed by atoms with van der Waals surface area (Å²) in [6.07, 6.45) is 3.21. The molecule has 0 unspecified atom stereocenters. The van der Waals surface area contributed by atoms with Crippen molar-refractivity contribution < 1.29 is 14.4 Å². The molecule has 2 heterocycles. The molecule has 8 heteroatoms. The van der Waals surface area contributed by atoms with Crippen molar-refractivity contribution in [2.24, 2.45) is 5.73 Å². The van der Waals surface area contributed by atoms with Gasteiger partial charge in [0, 0.05) is 36.2 Å². The molecule has 1 saturated heterocycles. The monoisotopic (exact) mass is 301 g/mol. The molecule has 2 aliphatic heterocycles. The van der Waals surface area contributed by atoms with Crippen LogP contribution in [0.5, 0.6) is 0 Å². The van der Waals surface area contributed by atoms with E-state index in [4.69, 9.17) is 5.73 Å². The lowest BCUT2D eigenvalue weighted by atomic mass is 10.2. The molecule has 0 bridgehead atoms. The topological polar surface area (TPSA) is 92.5 Å². The standard InChI is InChI=1S/C11H15N3O3S2/c12-5-8(14-9(15)1-2-10(14)16)11(17)13-7-3-4-18-19-6-7/h1-2,7-8H,3-6,12H2,(H,13,17)/t7-,8-/m0/s1. The van der Waals surface area contributed by atoms with Crippen molar-refractivity contribution in [1.82, 2.24) is 10.2 Å². The number of hydrogen-bond donors (Lipinski definition) is 2. The fourth-order valence-electron chi connectivity index (χ4n) is 1.92. The molecule has 3 N–H and O–H groups in total. The van der Waals surface area contributed by atoms with Crippen LogP contribution in [0.2, 0.25) is 0 Å². The minimum atomic E-state index is -0.922. The van der Waals surface area contributed by atoms with Gasteiger partial charge in [-0.05, 0) is 6.42 Å². The summed E-state index contributed by atoms with van der Waals surface area (Å²) in [6.45, 7) is -0.0698. The molecular weight excluding hydrogens is 286 g/mol. The largest absolute Gasteiger partial charge is 0.351 e. The Balaban J connectivity index is 1.98. The maximum Gasteiger partial charge on any atom is 0.254 e. The van der Waals surface area contributed by atoms with Crippen molar-refractivity contribution in [3.63, 3.8) is 0 Å². The van der Waals surface area contributed by atoms with Crippen molar-refractivity contribution >= 4 is 39.3 Å². The minimum absolute atomic E-state index is 0.0698. The molecule has 6 nitrogen and oxygen atoms in total. The fourth-order valence-corrected chi connectivity index (χ4v) is 4.36. The zero-order chi connectivity index (χ0) is 13.8. The highest BCUT2D eigenvalue weighted by atomic mass is 33.1. The Morgan fingerprint density at radius 1 is 1.42 bits per heavy atom. The molecule has 0 spiro atoms. The highest BCUT2D eigenvalue weighted by Crippen LogP contribution is 2.29. The number of hydrogen-bond acceptors (Lipinski definition) is 6. The first-order valence-electron chi connectivity index (χ1n) is 5.93. The zero-order valence-corrected chi connectivity index (χ0v) is 11.8. The van der Waals surface area contributed by atoms with Gasteiger partial charge < -0.3 is 11.1 Å². The number of imide groups is 1. The number of nitrogens with one attached hydrogen (secondary N) is 1. The molecule has 1 fully saturated rings. The molecule has 0 aromatic heterocycles. The Morgan fingerprint density at radius 3 is 2.63 bits per heavy atom. The second-order valence-corrected chi connectivity index (χ2v) is 6.86. The molecule has 0 aromatic carbocycles. The van der Waals surface area contributed by atoms with E-state index in [0.717, 1.165) is 35.0 Å². The van der Waals surface area contributed by atoms with Gasteiger partial charge in [0.15, 0.2) is 0 Å². The van der Waals surface area contributed by atoms with Crippen LogP contribution in [-0.4, -0.2) is 52.8 Å². The van der Waals surface area contributed by atoms with Crippen LogP contribution in [0.3, 0.4) is 0 Å². The Bertz CT molecular complexity index is 403. The van der Waals surface area contributed by atoms with Crippen LogP contribution in [0.1, 0.15) is 6.42 Å². The molecule has 0 aliphatic carbocycles. The average molecular weight is 301 g/mol. The molecule has 0 radical (unpaired) electrons. The normalized spacial score (nSPS) is 24.7. The van der Waals surface area contributed by atoms with Gasteiger partial charge in [-0.3, -0.25) is 19.3 Å². The van der Waals surface area contributed by atoms with Gasteiger partial charge in [0.05, 0.1) is 0 Å². The molecule has 2 rings (SSSR count). The second-order valence-electron chi connectivity index (χ2n) is 4.23. The summed E-state index contributed by atoms with van der Waals surface area (Å²) >= 11 is 0. The third kappa shape index (κ3) is 3.31. The first kappa shape index (κ1) is 14.4. The summed E-state index contributed by atoms with van der Waals surface area (Å²) in [4.78, 5) is 36.2. The zero-order valence-electron chi connectivity index (χ0n) is 10.2. The molecule has 2 aliphatic rings. The van der Waals surface area contributed by atoms with Crippen molar-refractivity contribution in [3.8, 4) is 0 Å². The second kappa shape index (κ2) is 6.44. The minimum Gasteiger partial charge on any atom is -0.351 e. The third-order valence-electron chi connectivity index (χ3n) is 2.93. The van der Waals surface area contributed by atoms with E-state index < -0.39 is 17.9 Å². The first-order valence-corrected chi connectivity index (χ1v) is 8.42. The molecule has 104 valence electrons. The molecule has 2 atom stereocenters. The summed E-state index contributed by atoms with van der Waals surface area (Å²) in [5.41, 5.74) is 5.54. The van der Waals surface area contributed by atoms with Crippen LogP contribution in [0.25, 0.3) is 0 Å². The summed E-state index contributed by atoms with van der Waals surface area (Å²) in [7, 11) is 3.49. The van der Waals surface area contributed by atoms with Gasteiger partial charge in [-0.2, -0.15) is 0 Å². The van der Waals surface area contributed by atoms with Crippen LogP contribution in [0.15, 0.2) is 12.2 Å². The van der Waals surface area contributed by atoms with E-state index in [-0.39, 0.29) is 18.5 Å². The van der Waals surface area contributed by atoms with E-state index in [9.17, 15) is 14.4 Å². The van der Waals surface area contributed by atoms with Gasteiger partial charge in [-0.15, -0.1) is 0 Å². The maximum absolute atomic E-state index is 12.1. The Labute approximate surface area is 118 Å². The van der Waals surface area contributed by atoms with E-state index in [1.807, 2.05) is 0 Å². The van der Waals surface area contributed by atoms with Crippen LogP contribution in [0.4, 0.5) is 0 Å². The number of nitrogens with zero attached hydrogens (tertiary/aromatic N) is 1. The van der Waals surface area contributed by atoms with E-state index in [1.54, 1.807) is 21.6 Å². The lowest BCUT2D eigenvalue weighted by Gasteiger charge is -2.28. The van der Waals surface area contributed by atoms with E-state index >= 15 is 0 Å². The van der Waals surface area contributed by atoms with E-state index in [1.165, 1.54) is 0 Å². The molecule has 3 amide bonds.